The molecule has 0 radical (unpaired) electrons. The lowest BCUT2D eigenvalue weighted by Crippen LogP contribution is -1.83. The lowest BCUT2D eigenvalue weighted by molar-refractivity contribution is 0.713. The van der Waals surface area contributed by atoms with Crippen LogP contribution in [0.15, 0.2) is 0 Å². The SMILES string of the molecule is C.C#CC1CCCC1. The Morgan fingerprint density at radius 2 is 1.75 bits per heavy atom. The van der Waals surface area contributed by atoms with E-state index in [0.29, 0.717) is 5.92 Å². The van der Waals surface area contributed by atoms with E-state index < -0.39 is 0 Å². The van der Waals surface area contributed by atoms with E-state index >= 15 is 0 Å². The first-order valence-electron chi connectivity index (χ1n) is 2.89. The molecule has 1 saturated carbocycles. The van der Waals surface area contributed by atoms with Crippen LogP contribution in [0, 0.1) is 18.3 Å². The average molecular weight is 110 g/mol. The highest BCUT2D eigenvalue weighted by atomic mass is 14.1. The lowest BCUT2D eigenvalue weighted by Gasteiger charge is -1.91. The summed E-state index contributed by atoms with van der Waals surface area (Å²) < 4.78 is 0. The second kappa shape index (κ2) is 3.55. The number of hydrogen-bond donors (Lipinski definition) is 0. The Kier molecular flexibility index (Phi) is 3.35. The molecule has 0 aromatic carbocycles. The maximum atomic E-state index is 5.18. The minimum Gasteiger partial charge on any atom is -0.120 e. The first-order chi connectivity index (χ1) is 3.43. The van der Waals surface area contributed by atoms with Crippen LogP contribution >= 0.6 is 0 Å². The quantitative estimate of drug-likeness (QED) is 0.420. The molecule has 0 heteroatoms. The third-order valence-electron chi connectivity index (χ3n) is 1.59. The summed E-state index contributed by atoms with van der Waals surface area (Å²) in [7, 11) is 0. The molecule has 1 rings (SSSR count). The molecule has 0 amide bonds. The predicted octanol–water partition coefficient (Wildman–Crippen LogP) is 2.45. The van der Waals surface area contributed by atoms with Crippen LogP contribution in [-0.2, 0) is 0 Å². The van der Waals surface area contributed by atoms with Crippen molar-refractivity contribution in [3.05, 3.63) is 0 Å². The zero-order valence-corrected chi connectivity index (χ0v) is 4.48. The Morgan fingerprint density at radius 3 is 2.00 bits per heavy atom. The van der Waals surface area contributed by atoms with E-state index in [4.69, 9.17) is 6.42 Å². The summed E-state index contributed by atoms with van der Waals surface area (Å²) in [6.45, 7) is 0. The van der Waals surface area contributed by atoms with Gasteiger partial charge < -0.3 is 0 Å². The van der Waals surface area contributed by atoms with Crippen molar-refractivity contribution < 1.29 is 0 Å². The fraction of sp³-hybridized carbons (Fsp3) is 0.750. The molecule has 0 heterocycles. The molecular formula is C8H14. The van der Waals surface area contributed by atoms with Gasteiger partial charge in [0.05, 0.1) is 0 Å². The number of rotatable bonds is 0. The van der Waals surface area contributed by atoms with Crippen LogP contribution in [0.1, 0.15) is 33.1 Å². The van der Waals surface area contributed by atoms with Gasteiger partial charge in [-0.3, -0.25) is 0 Å². The molecule has 0 N–H and O–H groups in total. The van der Waals surface area contributed by atoms with Crippen LogP contribution in [0.5, 0.6) is 0 Å². The minimum atomic E-state index is 0. The topological polar surface area (TPSA) is 0 Å². The average Bonchev–Trinajstić information content (AvgIpc) is 2.14. The molecule has 0 nitrogen and oxygen atoms in total. The highest BCUT2D eigenvalue weighted by Crippen LogP contribution is 2.22. The van der Waals surface area contributed by atoms with Gasteiger partial charge in [0.2, 0.25) is 0 Å². The van der Waals surface area contributed by atoms with Crippen LogP contribution in [-0.4, -0.2) is 0 Å². The minimum absolute atomic E-state index is 0. The summed E-state index contributed by atoms with van der Waals surface area (Å²) in [5.41, 5.74) is 0. The summed E-state index contributed by atoms with van der Waals surface area (Å²) in [5.74, 6) is 3.39. The van der Waals surface area contributed by atoms with Crippen molar-refractivity contribution in [3.8, 4) is 12.3 Å². The van der Waals surface area contributed by atoms with Crippen molar-refractivity contribution in [2.75, 3.05) is 0 Å². The van der Waals surface area contributed by atoms with Gasteiger partial charge in [-0.1, -0.05) is 20.3 Å². The van der Waals surface area contributed by atoms with Crippen LogP contribution in [0.25, 0.3) is 0 Å². The van der Waals surface area contributed by atoms with Crippen LogP contribution in [0.4, 0.5) is 0 Å². The van der Waals surface area contributed by atoms with E-state index in [2.05, 4.69) is 5.92 Å². The maximum Gasteiger partial charge on any atom is 0.0200 e. The zero-order valence-electron chi connectivity index (χ0n) is 4.48. The molecular weight excluding hydrogens is 96.1 g/mol. The van der Waals surface area contributed by atoms with Gasteiger partial charge in [-0.05, 0) is 12.8 Å². The Hall–Kier alpha value is -0.440. The van der Waals surface area contributed by atoms with E-state index in [1.165, 1.54) is 25.7 Å². The van der Waals surface area contributed by atoms with Gasteiger partial charge in [0.1, 0.15) is 0 Å². The van der Waals surface area contributed by atoms with Gasteiger partial charge in [-0.2, -0.15) is 0 Å². The lowest BCUT2D eigenvalue weighted by atomic mass is 10.1. The predicted molar refractivity (Wildman–Crippen MR) is 37.5 cm³/mol. The van der Waals surface area contributed by atoms with Gasteiger partial charge in [0.15, 0.2) is 0 Å². The van der Waals surface area contributed by atoms with Crippen molar-refractivity contribution in [2.45, 2.75) is 33.1 Å². The van der Waals surface area contributed by atoms with E-state index in [9.17, 15) is 0 Å². The van der Waals surface area contributed by atoms with Crippen molar-refractivity contribution in [1.29, 1.82) is 0 Å². The third-order valence-corrected chi connectivity index (χ3v) is 1.59. The molecule has 1 fully saturated rings. The van der Waals surface area contributed by atoms with E-state index in [1.54, 1.807) is 0 Å². The second-order valence-electron chi connectivity index (χ2n) is 2.15. The highest BCUT2D eigenvalue weighted by Gasteiger charge is 2.10. The molecule has 0 atom stereocenters. The zero-order chi connectivity index (χ0) is 5.11. The van der Waals surface area contributed by atoms with Crippen molar-refractivity contribution in [2.24, 2.45) is 5.92 Å². The molecule has 0 aromatic heterocycles. The monoisotopic (exact) mass is 110 g/mol. The molecule has 0 bridgehead atoms. The van der Waals surface area contributed by atoms with Crippen molar-refractivity contribution >= 4 is 0 Å². The standard InChI is InChI=1S/C7H10.CH4/c1-2-7-5-3-4-6-7;/h1,7H,3-6H2;1H4. The second-order valence-corrected chi connectivity index (χ2v) is 2.15. The molecule has 0 spiro atoms. The Morgan fingerprint density at radius 1 is 1.25 bits per heavy atom. The van der Waals surface area contributed by atoms with Crippen LogP contribution < -0.4 is 0 Å². The number of terminal acetylenes is 1. The maximum absolute atomic E-state index is 5.18. The third kappa shape index (κ3) is 1.58. The Bertz CT molecular complexity index is 80.7. The molecule has 0 unspecified atom stereocenters. The van der Waals surface area contributed by atoms with Gasteiger partial charge >= 0.3 is 0 Å². The van der Waals surface area contributed by atoms with Crippen LogP contribution in [0.3, 0.4) is 0 Å². The number of hydrogen-bond acceptors (Lipinski definition) is 0. The van der Waals surface area contributed by atoms with Crippen molar-refractivity contribution in [3.63, 3.8) is 0 Å². The molecule has 8 heavy (non-hydrogen) atoms. The smallest absolute Gasteiger partial charge is 0.0200 e. The summed E-state index contributed by atoms with van der Waals surface area (Å²) >= 11 is 0. The van der Waals surface area contributed by atoms with Gasteiger partial charge in [-0.15, -0.1) is 12.3 Å². The van der Waals surface area contributed by atoms with Crippen molar-refractivity contribution in [1.82, 2.24) is 0 Å². The van der Waals surface area contributed by atoms with Gasteiger partial charge in [-0.25, -0.2) is 0 Å². The largest absolute Gasteiger partial charge is 0.120 e. The molecule has 1 aliphatic carbocycles. The molecule has 1 aliphatic rings. The van der Waals surface area contributed by atoms with Crippen LogP contribution in [0.2, 0.25) is 0 Å². The van der Waals surface area contributed by atoms with Gasteiger partial charge in [0.25, 0.3) is 0 Å². The summed E-state index contributed by atoms with van der Waals surface area (Å²) in [6.07, 6.45) is 10.4. The molecule has 46 valence electrons. The fourth-order valence-corrected chi connectivity index (χ4v) is 1.09. The Balaban J connectivity index is 0.000000490. The van der Waals surface area contributed by atoms with Gasteiger partial charge in [0, 0.05) is 5.92 Å². The Labute approximate surface area is 52.3 Å². The summed E-state index contributed by atoms with van der Waals surface area (Å²) in [5, 5.41) is 0. The van der Waals surface area contributed by atoms with E-state index in [-0.39, 0.29) is 7.43 Å². The normalized spacial score (nSPS) is 19.4. The summed E-state index contributed by atoms with van der Waals surface area (Å²) in [4.78, 5) is 0. The first kappa shape index (κ1) is 7.56. The molecule has 0 saturated heterocycles. The fourth-order valence-electron chi connectivity index (χ4n) is 1.09. The molecule has 0 aromatic rings. The first-order valence-corrected chi connectivity index (χ1v) is 2.89. The van der Waals surface area contributed by atoms with E-state index in [0.717, 1.165) is 0 Å². The van der Waals surface area contributed by atoms with E-state index in [1.807, 2.05) is 0 Å². The highest BCUT2D eigenvalue weighted by molar-refractivity contribution is 4.94. The molecule has 0 aliphatic heterocycles. The summed E-state index contributed by atoms with van der Waals surface area (Å²) in [6, 6.07) is 0.